The highest BCUT2D eigenvalue weighted by molar-refractivity contribution is 5.78. The largest absolute Gasteiger partial charge is 0.417 e. The molecule has 0 aromatic heterocycles. The fraction of sp³-hybridized carbons (Fsp3) is 0.200. The van der Waals surface area contributed by atoms with Crippen molar-refractivity contribution in [3.63, 3.8) is 0 Å². The number of anilines is 1. The molecule has 1 nitrogen and oxygen atoms in total. The van der Waals surface area contributed by atoms with Crippen molar-refractivity contribution in [2.24, 2.45) is 0 Å². The number of rotatable bonds is 1. The van der Waals surface area contributed by atoms with Gasteiger partial charge in [0.25, 0.3) is 0 Å². The highest BCUT2D eigenvalue weighted by Crippen LogP contribution is 2.40. The van der Waals surface area contributed by atoms with Crippen molar-refractivity contribution in [1.82, 2.24) is 0 Å². The Morgan fingerprint density at radius 1 is 0.895 bits per heavy atom. The SMILES string of the molecule is FC(F)(F)c1ccccc1-c1cccc2c1CCN2. The van der Waals surface area contributed by atoms with Gasteiger partial charge in [0.15, 0.2) is 0 Å². The van der Waals surface area contributed by atoms with Gasteiger partial charge in [0.05, 0.1) is 5.56 Å². The van der Waals surface area contributed by atoms with Gasteiger partial charge in [-0.3, -0.25) is 0 Å². The molecule has 4 heteroatoms. The fourth-order valence-electron chi connectivity index (χ4n) is 2.56. The van der Waals surface area contributed by atoms with Crippen LogP contribution < -0.4 is 5.32 Å². The summed E-state index contributed by atoms with van der Waals surface area (Å²) in [6.45, 7) is 0.778. The van der Waals surface area contributed by atoms with Gasteiger partial charge in [-0.15, -0.1) is 0 Å². The molecule has 0 radical (unpaired) electrons. The molecule has 1 N–H and O–H groups in total. The molecule has 3 rings (SSSR count). The summed E-state index contributed by atoms with van der Waals surface area (Å²) in [7, 11) is 0. The second-order valence-corrected chi connectivity index (χ2v) is 4.55. The van der Waals surface area contributed by atoms with Crippen LogP contribution in [0.25, 0.3) is 11.1 Å². The molecule has 0 fully saturated rings. The maximum Gasteiger partial charge on any atom is 0.417 e. The lowest BCUT2D eigenvalue weighted by Gasteiger charge is -2.15. The lowest BCUT2D eigenvalue weighted by atomic mass is 9.94. The Morgan fingerprint density at radius 2 is 1.63 bits per heavy atom. The van der Waals surface area contributed by atoms with Gasteiger partial charge < -0.3 is 5.32 Å². The van der Waals surface area contributed by atoms with Crippen LogP contribution in [0.2, 0.25) is 0 Å². The third-order valence-electron chi connectivity index (χ3n) is 3.39. The molecule has 1 heterocycles. The summed E-state index contributed by atoms with van der Waals surface area (Å²) in [6.07, 6.45) is -3.57. The van der Waals surface area contributed by atoms with Gasteiger partial charge in [-0.2, -0.15) is 13.2 Å². The van der Waals surface area contributed by atoms with Crippen molar-refractivity contribution in [3.05, 3.63) is 53.6 Å². The minimum Gasteiger partial charge on any atom is -0.384 e. The molecule has 19 heavy (non-hydrogen) atoms. The summed E-state index contributed by atoms with van der Waals surface area (Å²) in [5, 5.41) is 3.19. The number of hydrogen-bond acceptors (Lipinski definition) is 1. The quantitative estimate of drug-likeness (QED) is 0.807. The molecule has 0 unspecified atom stereocenters. The molecule has 2 aromatic carbocycles. The predicted molar refractivity (Wildman–Crippen MR) is 69.1 cm³/mol. The van der Waals surface area contributed by atoms with E-state index < -0.39 is 11.7 Å². The Bertz CT molecular complexity index is 617. The molecule has 1 aliphatic heterocycles. The van der Waals surface area contributed by atoms with Crippen molar-refractivity contribution in [3.8, 4) is 11.1 Å². The van der Waals surface area contributed by atoms with Gasteiger partial charge in [0.2, 0.25) is 0 Å². The summed E-state index contributed by atoms with van der Waals surface area (Å²) in [5.74, 6) is 0. The minimum absolute atomic E-state index is 0.260. The maximum atomic E-state index is 13.1. The molecule has 0 amide bonds. The molecule has 0 bridgehead atoms. The monoisotopic (exact) mass is 263 g/mol. The Labute approximate surface area is 109 Å². The number of halogens is 3. The number of fused-ring (bicyclic) bond motifs is 1. The zero-order valence-corrected chi connectivity index (χ0v) is 10.1. The molecule has 0 aliphatic carbocycles. The van der Waals surface area contributed by atoms with Gasteiger partial charge in [-0.1, -0.05) is 30.3 Å². The van der Waals surface area contributed by atoms with Crippen molar-refractivity contribution in [2.45, 2.75) is 12.6 Å². The summed E-state index contributed by atoms with van der Waals surface area (Å²) in [5.41, 5.74) is 2.27. The molecule has 0 saturated heterocycles. The lowest BCUT2D eigenvalue weighted by Crippen LogP contribution is -2.07. The summed E-state index contributed by atoms with van der Waals surface area (Å²) < 4.78 is 39.2. The van der Waals surface area contributed by atoms with Crippen molar-refractivity contribution in [1.29, 1.82) is 0 Å². The fourth-order valence-corrected chi connectivity index (χ4v) is 2.56. The third kappa shape index (κ3) is 2.07. The van der Waals surface area contributed by atoms with E-state index in [9.17, 15) is 13.2 Å². The average Bonchev–Trinajstić information content (AvgIpc) is 2.85. The first-order valence-electron chi connectivity index (χ1n) is 6.10. The second-order valence-electron chi connectivity index (χ2n) is 4.55. The number of nitrogens with one attached hydrogen (secondary N) is 1. The van der Waals surface area contributed by atoms with Gasteiger partial charge in [0.1, 0.15) is 0 Å². The smallest absolute Gasteiger partial charge is 0.384 e. The highest BCUT2D eigenvalue weighted by Gasteiger charge is 2.34. The molecule has 2 aromatic rings. The third-order valence-corrected chi connectivity index (χ3v) is 3.39. The first-order valence-corrected chi connectivity index (χ1v) is 6.10. The first-order chi connectivity index (χ1) is 9.07. The van der Waals surface area contributed by atoms with E-state index in [4.69, 9.17) is 0 Å². The Morgan fingerprint density at radius 3 is 2.42 bits per heavy atom. The minimum atomic E-state index is -4.33. The topological polar surface area (TPSA) is 12.0 Å². The Kier molecular flexibility index (Phi) is 2.73. The van der Waals surface area contributed by atoms with Gasteiger partial charge in [-0.05, 0) is 35.2 Å². The van der Waals surface area contributed by atoms with Crippen molar-refractivity contribution >= 4 is 5.69 Å². The Hall–Kier alpha value is -1.97. The van der Waals surface area contributed by atoms with Crippen LogP contribution in [-0.2, 0) is 12.6 Å². The van der Waals surface area contributed by atoms with E-state index in [1.807, 2.05) is 6.07 Å². The molecule has 1 aliphatic rings. The van der Waals surface area contributed by atoms with Crippen LogP contribution in [-0.4, -0.2) is 6.54 Å². The number of alkyl halides is 3. The maximum absolute atomic E-state index is 13.1. The number of hydrogen-bond donors (Lipinski definition) is 1. The molecule has 0 spiro atoms. The number of benzene rings is 2. The van der Waals surface area contributed by atoms with Crippen LogP contribution in [0, 0.1) is 0 Å². The average molecular weight is 263 g/mol. The zero-order chi connectivity index (χ0) is 13.5. The van der Waals surface area contributed by atoms with E-state index in [1.165, 1.54) is 12.1 Å². The second kappa shape index (κ2) is 4.30. The predicted octanol–water partition coefficient (Wildman–Crippen LogP) is 4.34. The van der Waals surface area contributed by atoms with Crippen LogP contribution in [0.5, 0.6) is 0 Å². The molecular formula is C15H12F3N. The van der Waals surface area contributed by atoms with Crippen LogP contribution >= 0.6 is 0 Å². The standard InChI is InChI=1S/C15H12F3N/c16-15(17,18)13-6-2-1-4-11(13)10-5-3-7-14-12(10)8-9-19-14/h1-7,19H,8-9H2. The first kappa shape index (κ1) is 12.1. The molecule has 98 valence electrons. The van der Waals surface area contributed by atoms with E-state index >= 15 is 0 Å². The van der Waals surface area contributed by atoms with E-state index in [2.05, 4.69) is 5.32 Å². The highest BCUT2D eigenvalue weighted by atomic mass is 19.4. The molecular weight excluding hydrogens is 251 g/mol. The van der Waals surface area contributed by atoms with Gasteiger partial charge in [0, 0.05) is 12.2 Å². The van der Waals surface area contributed by atoms with Gasteiger partial charge in [-0.25, -0.2) is 0 Å². The molecule has 0 atom stereocenters. The van der Waals surface area contributed by atoms with Crippen LogP contribution in [0.1, 0.15) is 11.1 Å². The summed E-state index contributed by atoms with van der Waals surface area (Å²) in [4.78, 5) is 0. The van der Waals surface area contributed by atoms with Gasteiger partial charge >= 0.3 is 6.18 Å². The van der Waals surface area contributed by atoms with Crippen LogP contribution in [0.4, 0.5) is 18.9 Å². The summed E-state index contributed by atoms with van der Waals surface area (Å²) >= 11 is 0. The lowest BCUT2D eigenvalue weighted by molar-refractivity contribution is -0.137. The Balaban J connectivity index is 2.21. The van der Waals surface area contributed by atoms with Crippen LogP contribution in [0.3, 0.4) is 0 Å². The van der Waals surface area contributed by atoms with E-state index in [0.717, 1.165) is 30.3 Å². The van der Waals surface area contributed by atoms with Crippen LogP contribution in [0.15, 0.2) is 42.5 Å². The van der Waals surface area contributed by atoms with E-state index in [0.29, 0.717) is 5.56 Å². The zero-order valence-electron chi connectivity index (χ0n) is 10.1. The normalized spacial score (nSPS) is 14.1. The van der Waals surface area contributed by atoms with E-state index in [-0.39, 0.29) is 5.56 Å². The van der Waals surface area contributed by atoms with E-state index in [1.54, 1.807) is 18.2 Å². The summed E-state index contributed by atoms with van der Waals surface area (Å²) in [6, 6.07) is 11.2. The molecule has 0 saturated carbocycles. The van der Waals surface area contributed by atoms with Crippen molar-refractivity contribution in [2.75, 3.05) is 11.9 Å². The van der Waals surface area contributed by atoms with Crippen molar-refractivity contribution < 1.29 is 13.2 Å².